The summed E-state index contributed by atoms with van der Waals surface area (Å²) in [6.07, 6.45) is 3.66. The van der Waals surface area contributed by atoms with Crippen LogP contribution in [0.5, 0.6) is 5.75 Å². The highest BCUT2D eigenvalue weighted by Gasteiger charge is 2.24. The molecule has 0 aliphatic carbocycles. The molecule has 1 saturated heterocycles. The maximum atomic E-state index is 11.4. The fraction of sp³-hybridized carbons (Fsp3) is 0.562. The van der Waals surface area contributed by atoms with Crippen LogP contribution in [0.2, 0.25) is 0 Å². The number of nitrogens with zero attached hydrogens (tertiary/aromatic N) is 1. The number of hydrogen-bond donors (Lipinski definition) is 1. The van der Waals surface area contributed by atoms with Crippen LogP contribution >= 0.6 is 0 Å². The van der Waals surface area contributed by atoms with E-state index < -0.39 is 15.8 Å². The van der Waals surface area contributed by atoms with E-state index in [2.05, 4.69) is 4.90 Å². The third-order valence-electron chi connectivity index (χ3n) is 3.99. The molecule has 1 aromatic rings. The quantitative estimate of drug-likeness (QED) is 0.759. The molecular formula is C16H23NO5S. The van der Waals surface area contributed by atoms with Crippen LogP contribution in [0.3, 0.4) is 0 Å². The van der Waals surface area contributed by atoms with E-state index in [9.17, 15) is 13.2 Å². The summed E-state index contributed by atoms with van der Waals surface area (Å²) >= 11 is 0. The molecule has 6 nitrogen and oxygen atoms in total. The van der Waals surface area contributed by atoms with E-state index in [0.717, 1.165) is 32.4 Å². The first-order valence-corrected chi connectivity index (χ1v) is 9.63. The zero-order valence-corrected chi connectivity index (χ0v) is 14.1. The van der Waals surface area contributed by atoms with Gasteiger partial charge in [-0.15, -0.1) is 0 Å². The van der Waals surface area contributed by atoms with Crippen LogP contribution in [0, 0.1) is 5.92 Å². The van der Waals surface area contributed by atoms with E-state index in [0.29, 0.717) is 18.9 Å². The van der Waals surface area contributed by atoms with Crippen LogP contribution in [0.25, 0.3) is 0 Å². The van der Waals surface area contributed by atoms with Crippen LogP contribution < -0.4 is 4.74 Å². The lowest BCUT2D eigenvalue weighted by atomic mass is 9.98. The van der Waals surface area contributed by atoms with E-state index in [-0.39, 0.29) is 10.8 Å². The SMILES string of the molecule is CS(=O)(=O)c1ccc(OCCCN2CCCC(C(=O)O)C2)cc1. The summed E-state index contributed by atoms with van der Waals surface area (Å²) in [5.41, 5.74) is 0. The average molecular weight is 341 g/mol. The number of benzene rings is 1. The van der Waals surface area contributed by atoms with Gasteiger partial charge in [0.15, 0.2) is 9.84 Å². The number of carboxylic acids is 1. The molecule has 0 aromatic heterocycles. The molecule has 1 heterocycles. The molecule has 23 heavy (non-hydrogen) atoms. The highest BCUT2D eigenvalue weighted by atomic mass is 32.2. The first-order valence-electron chi connectivity index (χ1n) is 7.74. The highest BCUT2D eigenvalue weighted by Crippen LogP contribution is 2.18. The Morgan fingerprint density at radius 2 is 2.04 bits per heavy atom. The normalized spacial score (nSPS) is 19.4. The van der Waals surface area contributed by atoms with Gasteiger partial charge in [0.05, 0.1) is 17.4 Å². The Kier molecular flexibility index (Phi) is 6.01. The lowest BCUT2D eigenvalue weighted by molar-refractivity contribution is -0.143. The molecule has 2 rings (SSSR count). The molecule has 0 spiro atoms. The number of aliphatic carboxylic acids is 1. The Morgan fingerprint density at radius 3 is 2.65 bits per heavy atom. The number of rotatable bonds is 7. The average Bonchev–Trinajstić information content (AvgIpc) is 2.51. The van der Waals surface area contributed by atoms with Crippen LogP contribution in [0.4, 0.5) is 0 Å². The van der Waals surface area contributed by atoms with Gasteiger partial charge in [-0.25, -0.2) is 8.42 Å². The van der Waals surface area contributed by atoms with Gasteiger partial charge in [0.1, 0.15) is 5.75 Å². The monoisotopic (exact) mass is 341 g/mol. The molecule has 7 heteroatoms. The summed E-state index contributed by atoms with van der Waals surface area (Å²) in [7, 11) is -3.18. The van der Waals surface area contributed by atoms with Crippen molar-refractivity contribution in [2.24, 2.45) is 5.92 Å². The molecule has 1 fully saturated rings. The number of ether oxygens (including phenoxy) is 1. The molecule has 0 radical (unpaired) electrons. The highest BCUT2D eigenvalue weighted by molar-refractivity contribution is 7.90. The minimum absolute atomic E-state index is 0.256. The summed E-state index contributed by atoms with van der Waals surface area (Å²) in [5, 5.41) is 9.06. The van der Waals surface area contributed by atoms with Gasteiger partial charge in [0, 0.05) is 19.3 Å². The number of piperidine rings is 1. The first kappa shape index (κ1) is 17.7. The summed E-state index contributed by atoms with van der Waals surface area (Å²) in [5.74, 6) is -0.329. The van der Waals surface area contributed by atoms with E-state index in [1.54, 1.807) is 12.1 Å². The molecule has 1 atom stereocenters. The van der Waals surface area contributed by atoms with Gasteiger partial charge in [0.25, 0.3) is 0 Å². The van der Waals surface area contributed by atoms with Crippen molar-refractivity contribution in [1.29, 1.82) is 0 Å². The molecule has 1 aliphatic heterocycles. The summed E-state index contributed by atoms with van der Waals surface area (Å²) in [6.45, 7) is 2.88. The van der Waals surface area contributed by atoms with Crippen molar-refractivity contribution in [1.82, 2.24) is 4.90 Å². The summed E-state index contributed by atoms with van der Waals surface area (Å²) in [6, 6.07) is 6.37. The Balaban J connectivity index is 1.72. The number of carboxylic acid groups (broad SMARTS) is 1. The molecule has 1 N–H and O–H groups in total. The van der Waals surface area contributed by atoms with Gasteiger partial charge < -0.3 is 14.7 Å². The van der Waals surface area contributed by atoms with E-state index >= 15 is 0 Å². The first-order chi connectivity index (χ1) is 10.9. The van der Waals surface area contributed by atoms with Crippen molar-refractivity contribution in [3.63, 3.8) is 0 Å². The molecule has 128 valence electrons. The number of sulfone groups is 1. The molecule has 0 saturated carbocycles. The van der Waals surface area contributed by atoms with E-state index in [4.69, 9.17) is 9.84 Å². The topological polar surface area (TPSA) is 83.9 Å². The largest absolute Gasteiger partial charge is 0.494 e. The second-order valence-electron chi connectivity index (χ2n) is 5.92. The fourth-order valence-corrected chi connectivity index (χ4v) is 3.35. The number of likely N-dealkylation sites (tertiary alicyclic amines) is 1. The van der Waals surface area contributed by atoms with Gasteiger partial charge in [-0.3, -0.25) is 4.79 Å². The minimum Gasteiger partial charge on any atom is -0.494 e. The van der Waals surface area contributed by atoms with Crippen molar-refractivity contribution in [2.45, 2.75) is 24.2 Å². The number of carbonyl (C=O) groups is 1. The Morgan fingerprint density at radius 1 is 1.35 bits per heavy atom. The molecule has 0 bridgehead atoms. The van der Waals surface area contributed by atoms with Crippen LogP contribution in [-0.4, -0.2) is 56.9 Å². The summed E-state index contributed by atoms with van der Waals surface area (Å²) < 4.78 is 28.3. The Labute approximate surface area is 137 Å². The van der Waals surface area contributed by atoms with E-state index in [1.165, 1.54) is 18.4 Å². The van der Waals surface area contributed by atoms with Crippen molar-refractivity contribution < 1.29 is 23.1 Å². The second kappa shape index (κ2) is 7.79. The Bertz CT molecular complexity index is 626. The van der Waals surface area contributed by atoms with Crippen LogP contribution in [0.1, 0.15) is 19.3 Å². The van der Waals surface area contributed by atoms with Gasteiger partial charge in [0.2, 0.25) is 0 Å². The predicted octanol–water partition coefficient (Wildman–Crippen LogP) is 1.66. The zero-order chi connectivity index (χ0) is 16.9. The van der Waals surface area contributed by atoms with Crippen molar-refractivity contribution in [3.05, 3.63) is 24.3 Å². The predicted molar refractivity (Wildman–Crippen MR) is 86.5 cm³/mol. The standard InChI is InChI=1S/C16H23NO5S/c1-23(20,21)15-7-5-14(6-8-15)22-11-3-10-17-9-2-4-13(12-17)16(18)19/h5-8,13H,2-4,9-12H2,1H3,(H,18,19). The van der Waals surface area contributed by atoms with Crippen LogP contribution in [-0.2, 0) is 14.6 Å². The third-order valence-corrected chi connectivity index (χ3v) is 5.12. The fourth-order valence-electron chi connectivity index (χ4n) is 2.72. The van der Waals surface area contributed by atoms with E-state index in [1.807, 2.05) is 0 Å². The third kappa shape index (κ3) is 5.51. The molecule has 1 aliphatic rings. The van der Waals surface area contributed by atoms with Gasteiger partial charge >= 0.3 is 5.97 Å². The second-order valence-corrected chi connectivity index (χ2v) is 7.94. The van der Waals surface area contributed by atoms with Gasteiger partial charge in [-0.05, 0) is 50.1 Å². The van der Waals surface area contributed by atoms with Crippen molar-refractivity contribution in [3.8, 4) is 5.75 Å². The lowest BCUT2D eigenvalue weighted by Crippen LogP contribution is -2.39. The molecule has 1 unspecified atom stereocenters. The smallest absolute Gasteiger partial charge is 0.307 e. The molecular weight excluding hydrogens is 318 g/mol. The van der Waals surface area contributed by atoms with Gasteiger partial charge in [-0.1, -0.05) is 0 Å². The minimum atomic E-state index is -3.18. The van der Waals surface area contributed by atoms with Crippen molar-refractivity contribution in [2.75, 3.05) is 32.5 Å². The maximum absolute atomic E-state index is 11.4. The molecule has 1 aromatic carbocycles. The van der Waals surface area contributed by atoms with Crippen LogP contribution in [0.15, 0.2) is 29.2 Å². The van der Waals surface area contributed by atoms with Crippen molar-refractivity contribution >= 4 is 15.8 Å². The summed E-state index contributed by atoms with van der Waals surface area (Å²) in [4.78, 5) is 13.5. The van der Waals surface area contributed by atoms with Gasteiger partial charge in [-0.2, -0.15) is 0 Å². The lowest BCUT2D eigenvalue weighted by Gasteiger charge is -2.30. The zero-order valence-electron chi connectivity index (χ0n) is 13.3. The molecule has 0 amide bonds. The Hall–Kier alpha value is -1.60. The maximum Gasteiger partial charge on any atom is 0.307 e. The number of hydrogen-bond acceptors (Lipinski definition) is 5.